The van der Waals surface area contributed by atoms with Gasteiger partial charge in [0.25, 0.3) is 5.91 Å². The predicted molar refractivity (Wildman–Crippen MR) is 153 cm³/mol. The fourth-order valence-corrected chi connectivity index (χ4v) is 4.83. The highest BCUT2D eigenvalue weighted by atomic mass is 19.1. The van der Waals surface area contributed by atoms with Gasteiger partial charge in [0.15, 0.2) is 11.5 Å². The van der Waals surface area contributed by atoms with Crippen LogP contribution >= 0.6 is 0 Å². The van der Waals surface area contributed by atoms with Crippen LogP contribution in [0.4, 0.5) is 4.39 Å². The van der Waals surface area contributed by atoms with E-state index in [1.165, 1.54) is 13.2 Å². The van der Waals surface area contributed by atoms with Gasteiger partial charge in [-0.3, -0.25) is 14.2 Å². The van der Waals surface area contributed by atoms with Crippen LogP contribution in [0.3, 0.4) is 0 Å². The molecule has 1 saturated heterocycles. The number of amides is 1. The van der Waals surface area contributed by atoms with Crippen molar-refractivity contribution in [2.45, 2.75) is 19.3 Å². The number of methoxy groups -OCH3 is 1. The van der Waals surface area contributed by atoms with E-state index in [1.807, 2.05) is 35.5 Å². The normalized spacial score (nSPS) is 14.7. The minimum atomic E-state index is -0.564. The van der Waals surface area contributed by atoms with Crippen molar-refractivity contribution >= 4 is 11.4 Å². The van der Waals surface area contributed by atoms with E-state index in [2.05, 4.69) is 16.8 Å². The number of hydrogen-bond donors (Lipinski definition) is 0. The maximum Gasteiger partial charge on any atom is 0.298 e. The highest BCUT2D eigenvalue weighted by Crippen LogP contribution is 2.36. The minimum Gasteiger partial charge on any atom is -0.494 e. The first-order valence-corrected chi connectivity index (χ1v) is 13.4. The minimum absolute atomic E-state index is 0.00361. The molecule has 2 aromatic carbocycles. The van der Waals surface area contributed by atoms with Gasteiger partial charge in [-0.05, 0) is 69.8 Å². The molecule has 3 heterocycles. The molecule has 0 N–H and O–H groups in total. The molecule has 5 rings (SSSR count). The fourth-order valence-electron chi connectivity index (χ4n) is 4.83. The number of carbonyl (C=O) groups excluding carboxylic acids is 1. The molecule has 0 bridgehead atoms. The summed E-state index contributed by atoms with van der Waals surface area (Å²) in [7, 11) is 5.39. The molecule has 10 heteroatoms. The van der Waals surface area contributed by atoms with E-state index < -0.39 is 5.82 Å². The van der Waals surface area contributed by atoms with Crippen molar-refractivity contribution in [3.8, 4) is 46.2 Å². The summed E-state index contributed by atoms with van der Waals surface area (Å²) >= 11 is 0. The lowest BCUT2D eigenvalue weighted by Crippen LogP contribution is -2.27. The second-order valence-electron chi connectivity index (χ2n) is 9.95. The third-order valence-electron chi connectivity index (χ3n) is 6.91. The number of ether oxygens (including phenoxy) is 3. The lowest BCUT2D eigenvalue weighted by atomic mass is 10.1. The topological polar surface area (TPSA) is 81.4 Å². The first kappa shape index (κ1) is 27.9. The number of likely N-dealkylation sites (tertiary alicyclic amines) is 1. The Labute approximate surface area is 238 Å². The SMILES string of the molecule is CC#CC(=O)N1CCC(c2nc(-c3ccc(Oc4cccc(OC)c4F)cc3)c3cncc(OCCN(C)C)n23)C1. The molecule has 1 atom stereocenters. The molecule has 1 fully saturated rings. The third-order valence-corrected chi connectivity index (χ3v) is 6.91. The van der Waals surface area contributed by atoms with Crippen molar-refractivity contribution in [1.29, 1.82) is 0 Å². The summed E-state index contributed by atoms with van der Waals surface area (Å²) in [6, 6.07) is 12.0. The van der Waals surface area contributed by atoms with Crippen molar-refractivity contribution in [1.82, 2.24) is 24.2 Å². The first-order valence-electron chi connectivity index (χ1n) is 13.4. The summed E-state index contributed by atoms with van der Waals surface area (Å²) < 4.78 is 33.6. The molecule has 1 unspecified atom stereocenters. The zero-order chi connectivity index (χ0) is 28.9. The Morgan fingerprint density at radius 2 is 1.93 bits per heavy atom. The molecule has 1 amide bonds. The predicted octanol–water partition coefficient (Wildman–Crippen LogP) is 4.62. The Bertz CT molecular complexity index is 1610. The van der Waals surface area contributed by atoms with Crippen molar-refractivity contribution < 1.29 is 23.4 Å². The number of hydrogen-bond acceptors (Lipinski definition) is 7. The van der Waals surface area contributed by atoms with Crippen molar-refractivity contribution in [3.63, 3.8) is 0 Å². The van der Waals surface area contributed by atoms with E-state index in [9.17, 15) is 9.18 Å². The van der Waals surface area contributed by atoms with Crippen LogP contribution in [0.5, 0.6) is 23.1 Å². The van der Waals surface area contributed by atoms with Crippen molar-refractivity contribution in [2.24, 2.45) is 0 Å². The van der Waals surface area contributed by atoms with Crippen LogP contribution in [0.1, 0.15) is 25.1 Å². The highest BCUT2D eigenvalue weighted by Gasteiger charge is 2.31. The van der Waals surface area contributed by atoms with Gasteiger partial charge in [-0.25, -0.2) is 4.98 Å². The fraction of sp³-hybridized carbons (Fsp3) is 0.323. The Kier molecular flexibility index (Phi) is 8.36. The Balaban J connectivity index is 1.49. The molecule has 41 heavy (non-hydrogen) atoms. The molecule has 2 aromatic heterocycles. The van der Waals surface area contributed by atoms with Gasteiger partial charge in [0.05, 0.1) is 30.7 Å². The summed E-state index contributed by atoms with van der Waals surface area (Å²) in [5.74, 6) is 6.63. The van der Waals surface area contributed by atoms with Crippen LogP contribution in [0.2, 0.25) is 0 Å². The van der Waals surface area contributed by atoms with E-state index in [0.29, 0.717) is 31.3 Å². The number of fused-ring (bicyclic) bond motifs is 1. The smallest absolute Gasteiger partial charge is 0.298 e. The maximum atomic E-state index is 14.6. The van der Waals surface area contributed by atoms with Crippen molar-refractivity contribution in [2.75, 3.05) is 47.4 Å². The number of imidazole rings is 1. The second-order valence-corrected chi connectivity index (χ2v) is 9.95. The van der Waals surface area contributed by atoms with Gasteiger partial charge >= 0.3 is 0 Å². The number of aromatic nitrogens is 3. The highest BCUT2D eigenvalue weighted by molar-refractivity contribution is 5.93. The summed E-state index contributed by atoms with van der Waals surface area (Å²) in [5.41, 5.74) is 2.35. The van der Waals surface area contributed by atoms with Crippen LogP contribution < -0.4 is 14.2 Å². The van der Waals surface area contributed by atoms with Crippen LogP contribution in [0, 0.1) is 17.7 Å². The van der Waals surface area contributed by atoms with Gasteiger partial charge in [0, 0.05) is 31.1 Å². The maximum absolute atomic E-state index is 14.6. The monoisotopic (exact) mass is 557 g/mol. The largest absolute Gasteiger partial charge is 0.494 e. The Hall–Kier alpha value is -4.62. The number of benzene rings is 2. The van der Waals surface area contributed by atoms with E-state index in [-0.39, 0.29) is 23.3 Å². The van der Waals surface area contributed by atoms with Crippen LogP contribution in [0.25, 0.3) is 16.8 Å². The Morgan fingerprint density at radius 3 is 2.66 bits per heavy atom. The number of carbonyl (C=O) groups is 1. The molecule has 1 aliphatic rings. The van der Waals surface area contributed by atoms with Gasteiger partial charge in [0.1, 0.15) is 18.2 Å². The molecule has 4 aromatic rings. The number of nitrogens with zero attached hydrogens (tertiary/aromatic N) is 5. The lowest BCUT2D eigenvalue weighted by Gasteiger charge is -2.15. The van der Waals surface area contributed by atoms with Gasteiger partial charge < -0.3 is 24.0 Å². The average molecular weight is 558 g/mol. The van der Waals surface area contributed by atoms with Gasteiger partial charge in [-0.15, -0.1) is 0 Å². The molecule has 0 spiro atoms. The molecule has 0 aliphatic carbocycles. The van der Waals surface area contributed by atoms with Gasteiger partial charge in [-0.1, -0.05) is 12.0 Å². The number of rotatable bonds is 9. The van der Waals surface area contributed by atoms with Crippen LogP contribution in [0.15, 0.2) is 54.9 Å². The molecule has 1 aliphatic heterocycles. The molecule has 9 nitrogen and oxygen atoms in total. The van der Waals surface area contributed by atoms with Crippen LogP contribution in [-0.4, -0.2) is 77.5 Å². The van der Waals surface area contributed by atoms with Gasteiger partial charge in [0.2, 0.25) is 11.7 Å². The second kappa shape index (κ2) is 12.3. The van der Waals surface area contributed by atoms with Gasteiger partial charge in [-0.2, -0.15) is 4.39 Å². The number of halogens is 1. The summed E-state index contributed by atoms with van der Waals surface area (Å²) in [6.07, 6.45) is 4.22. The molecular formula is C31H32FN5O4. The standard InChI is InChI=1S/C31H32FN5O4/c1-5-7-27(38)36-15-14-22(20-36)31-34-30(24-18-33-19-28(37(24)31)40-17-16-35(2)3)21-10-12-23(13-11-21)41-26-9-6-8-25(39-4)29(26)32/h6,8-13,18-19,22H,14-17,20H2,1-4H3. The van der Waals surface area contributed by atoms with Crippen molar-refractivity contribution in [3.05, 3.63) is 66.5 Å². The summed E-state index contributed by atoms with van der Waals surface area (Å²) in [5, 5.41) is 0. The van der Waals surface area contributed by atoms with E-state index >= 15 is 0 Å². The zero-order valence-corrected chi connectivity index (χ0v) is 23.6. The van der Waals surface area contributed by atoms with E-state index in [4.69, 9.17) is 19.2 Å². The first-order chi connectivity index (χ1) is 19.9. The molecule has 0 saturated carbocycles. The zero-order valence-electron chi connectivity index (χ0n) is 23.6. The van der Waals surface area contributed by atoms with Crippen LogP contribution in [-0.2, 0) is 4.79 Å². The molecular weight excluding hydrogens is 525 g/mol. The third kappa shape index (κ3) is 5.95. The lowest BCUT2D eigenvalue weighted by molar-refractivity contribution is -0.124. The average Bonchev–Trinajstić information content (AvgIpc) is 3.61. The van der Waals surface area contributed by atoms with E-state index in [0.717, 1.165) is 35.6 Å². The Morgan fingerprint density at radius 1 is 1.15 bits per heavy atom. The quantitative estimate of drug-likeness (QED) is 0.278. The summed E-state index contributed by atoms with van der Waals surface area (Å²) in [6.45, 7) is 4.01. The molecule has 0 radical (unpaired) electrons. The molecule has 212 valence electrons. The van der Waals surface area contributed by atoms with E-state index in [1.54, 1.807) is 48.5 Å². The number of likely N-dealkylation sites (N-methyl/N-ethyl adjacent to an activating group) is 1. The summed E-state index contributed by atoms with van der Waals surface area (Å²) in [4.78, 5) is 25.8.